The van der Waals surface area contributed by atoms with Crippen LogP contribution in [-0.4, -0.2) is 24.5 Å². The van der Waals surface area contributed by atoms with Crippen molar-refractivity contribution in [3.05, 3.63) is 29.3 Å². The molecule has 108 valence electrons. The van der Waals surface area contributed by atoms with Crippen LogP contribution in [0.3, 0.4) is 0 Å². The van der Waals surface area contributed by atoms with Gasteiger partial charge in [0.1, 0.15) is 0 Å². The second-order valence-corrected chi connectivity index (χ2v) is 5.07. The Balaban J connectivity index is 2.44. The number of benzene rings is 1. The molecule has 0 saturated heterocycles. The first-order chi connectivity index (χ1) is 9.45. The van der Waals surface area contributed by atoms with Crippen LogP contribution in [0.4, 0.5) is 5.69 Å². The lowest BCUT2D eigenvalue weighted by Crippen LogP contribution is -2.43. The van der Waals surface area contributed by atoms with E-state index in [0.717, 1.165) is 11.3 Å². The normalized spacial score (nSPS) is 21.3. The Morgan fingerprint density at radius 1 is 1.45 bits per heavy atom. The van der Waals surface area contributed by atoms with Gasteiger partial charge in [-0.1, -0.05) is 0 Å². The van der Waals surface area contributed by atoms with Gasteiger partial charge in [0.15, 0.2) is 0 Å². The molecule has 2 rings (SSSR count). The van der Waals surface area contributed by atoms with Crippen molar-refractivity contribution in [2.24, 2.45) is 5.73 Å². The minimum Gasteiger partial charge on any atom is -0.462 e. The first kappa shape index (κ1) is 14.5. The van der Waals surface area contributed by atoms with E-state index in [2.05, 4.69) is 0 Å². The smallest absolute Gasteiger partial charge is 0.338 e. The molecule has 2 atom stereocenters. The number of fused-ring (bicyclic) bond motifs is 1. The molecule has 0 radical (unpaired) electrons. The number of nitrogens with zero attached hydrogens (tertiary/aromatic N) is 1. The van der Waals surface area contributed by atoms with E-state index in [9.17, 15) is 9.59 Å². The zero-order valence-corrected chi connectivity index (χ0v) is 12.1. The van der Waals surface area contributed by atoms with Crippen LogP contribution in [0.25, 0.3) is 0 Å². The summed E-state index contributed by atoms with van der Waals surface area (Å²) in [5.41, 5.74) is 8.24. The fraction of sp³-hybridized carbons (Fsp3) is 0.467. The summed E-state index contributed by atoms with van der Waals surface area (Å²) in [6.45, 7) is 5.61. The quantitative estimate of drug-likeness (QED) is 0.839. The summed E-state index contributed by atoms with van der Waals surface area (Å²) in [7, 11) is 0. The standard InChI is InChI=1S/C15H20N2O3/c1-4-20-15(19)11-5-6-14-12(8-11)13(16)7-9(2)17(14)10(3)18/h5-6,8-9,13H,4,7,16H2,1-3H3. The number of nitrogens with two attached hydrogens (primary N) is 1. The second kappa shape index (κ2) is 5.63. The van der Waals surface area contributed by atoms with Crippen molar-refractivity contribution < 1.29 is 14.3 Å². The maximum Gasteiger partial charge on any atom is 0.338 e. The molecule has 20 heavy (non-hydrogen) atoms. The molecule has 1 aliphatic heterocycles. The summed E-state index contributed by atoms with van der Waals surface area (Å²) in [6.07, 6.45) is 0.679. The molecule has 1 amide bonds. The molecule has 0 fully saturated rings. The Morgan fingerprint density at radius 2 is 2.15 bits per heavy atom. The van der Waals surface area contributed by atoms with E-state index in [0.29, 0.717) is 18.6 Å². The number of amides is 1. The highest BCUT2D eigenvalue weighted by Crippen LogP contribution is 2.36. The van der Waals surface area contributed by atoms with Crippen LogP contribution in [0, 0.1) is 0 Å². The molecule has 5 heteroatoms. The third-order valence-corrected chi connectivity index (χ3v) is 3.57. The van der Waals surface area contributed by atoms with Gasteiger partial charge in [-0.15, -0.1) is 0 Å². The van der Waals surface area contributed by atoms with Gasteiger partial charge in [-0.05, 0) is 44.0 Å². The van der Waals surface area contributed by atoms with E-state index in [1.807, 2.05) is 6.92 Å². The maximum absolute atomic E-state index is 11.8. The molecule has 1 aromatic rings. The van der Waals surface area contributed by atoms with Crippen molar-refractivity contribution in [1.82, 2.24) is 0 Å². The number of carbonyl (C=O) groups is 2. The number of ether oxygens (including phenoxy) is 1. The predicted octanol–water partition coefficient (Wildman–Crippen LogP) is 2.01. The Morgan fingerprint density at radius 3 is 2.75 bits per heavy atom. The summed E-state index contributed by atoms with van der Waals surface area (Å²) in [5, 5.41) is 0. The molecule has 2 N–H and O–H groups in total. The zero-order chi connectivity index (χ0) is 14.9. The first-order valence-electron chi connectivity index (χ1n) is 6.82. The van der Waals surface area contributed by atoms with Crippen LogP contribution in [-0.2, 0) is 9.53 Å². The fourth-order valence-corrected chi connectivity index (χ4v) is 2.73. The van der Waals surface area contributed by atoms with Gasteiger partial charge in [0.2, 0.25) is 5.91 Å². The lowest BCUT2D eigenvalue weighted by Gasteiger charge is -2.37. The average molecular weight is 276 g/mol. The van der Waals surface area contributed by atoms with Crippen molar-refractivity contribution in [2.45, 2.75) is 39.3 Å². The molecule has 0 saturated carbocycles. The van der Waals surface area contributed by atoms with Gasteiger partial charge in [-0.2, -0.15) is 0 Å². The van der Waals surface area contributed by atoms with Crippen LogP contribution in [0.15, 0.2) is 18.2 Å². The molecule has 0 aromatic heterocycles. The number of hydrogen-bond donors (Lipinski definition) is 1. The van der Waals surface area contributed by atoms with Gasteiger partial charge >= 0.3 is 5.97 Å². The van der Waals surface area contributed by atoms with Gasteiger partial charge in [0, 0.05) is 24.7 Å². The third kappa shape index (κ3) is 2.54. The largest absolute Gasteiger partial charge is 0.462 e. The number of esters is 1. The van der Waals surface area contributed by atoms with Gasteiger partial charge < -0.3 is 15.4 Å². The SMILES string of the molecule is CCOC(=O)c1ccc2c(c1)C(N)CC(C)N2C(C)=O. The van der Waals surface area contributed by atoms with Crippen molar-refractivity contribution >= 4 is 17.6 Å². The molecular formula is C15H20N2O3. The monoisotopic (exact) mass is 276 g/mol. The summed E-state index contributed by atoms with van der Waals surface area (Å²) in [5.74, 6) is -0.384. The third-order valence-electron chi connectivity index (χ3n) is 3.57. The summed E-state index contributed by atoms with van der Waals surface area (Å²) in [6, 6.07) is 5.07. The van der Waals surface area contributed by atoms with E-state index in [4.69, 9.17) is 10.5 Å². The highest BCUT2D eigenvalue weighted by molar-refractivity contribution is 5.95. The molecule has 0 aliphatic carbocycles. The van der Waals surface area contributed by atoms with Gasteiger partial charge in [-0.3, -0.25) is 4.79 Å². The Kier molecular flexibility index (Phi) is 4.09. The Hall–Kier alpha value is -1.88. The number of rotatable bonds is 2. The maximum atomic E-state index is 11.8. The number of carbonyl (C=O) groups excluding carboxylic acids is 2. The summed E-state index contributed by atoms with van der Waals surface area (Å²) >= 11 is 0. The summed E-state index contributed by atoms with van der Waals surface area (Å²) in [4.78, 5) is 25.3. The second-order valence-electron chi connectivity index (χ2n) is 5.07. The molecule has 0 spiro atoms. The highest BCUT2D eigenvalue weighted by atomic mass is 16.5. The van der Waals surface area contributed by atoms with E-state index in [1.165, 1.54) is 6.92 Å². The molecule has 5 nitrogen and oxygen atoms in total. The minimum absolute atomic E-state index is 0.0189. The van der Waals surface area contributed by atoms with E-state index >= 15 is 0 Å². The van der Waals surface area contributed by atoms with Crippen LogP contribution >= 0.6 is 0 Å². The lowest BCUT2D eigenvalue weighted by atomic mass is 9.91. The van der Waals surface area contributed by atoms with Crippen LogP contribution < -0.4 is 10.6 Å². The lowest BCUT2D eigenvalue weighted by molar-refractivity contribution is -0.117. The van der Waals surface area contributed by atoms with Crippen molar-refractivity contribution in [2.75, 3.05) is 11.5 Å². The van der Waals surface area contributed by atoms with Crippen LogP contribution in [0.2, 0.25) is 0 Å². The van der Waals surface area contributed by atoms with Crippen molar-refractivity contribution in [1.29, 1.82) is 0 Å². The van der Waals surface area contributed by atoms with Gasteiger partial charge in [0.05, 0.1) is 12.2 Å². The minimum atomic E-state index is -0.365. The Labute approximate surface area is 118 Å². The van der Waals surface area contributed by atoms with E-state index in [1.54, 1.807) is 30.0 Å². The number of hydrogen-bond acceptors (Lipinski definition) is 4. The van der Waals surface area contributed by atoms with E-state index < -0.39 is 0 Å². The summed E-state index contributed by atoms with van der Waals surface area (Å²) < 4.78 is 4.99. The van der Waals surface area contributed by atoms with Crippen molar-refractivity contribution in [3.63, 3.8) is 0 Å². The zero-order valence-electron chi connectivity index (χ0n) is 12.1. The van der Waals surface area contributed by atoms with E-state index in [-0.39, 0.29) is 24.0 Å². The van der Waals surface area contributed by atoms with Crippen LogP contribution in [0.1, 0.15) is 49.2 Å². The predicted molar refractivity (Wildman–Crippen MR) is 76.6 cm³/mol. The topological polar surface area (TPSA) is 72.6 Å². The molecule has 2 unspecified atom stereocenters. The average Bonchev–Trinajstić information content (AvgIpc) is 2.38. The molecular weight excluding hydrogens is 256 g/mol. The molecule has 1 aromatic carbocycles. The van der Waals surface area contributed by atoms with Crippen molar-refractivity contribution in [3.8, 4) is 0 Å². The highest BCUT2D eigenvalue weighted by Gasteiger charge is 2.31. The number of anilines is 1. The molecule has 1 aliphatic rings. The Bertz CT molecular complexity index is 542. The van der Waals surface area contributed by atoms with Gasteiger partial charge in [-0.25, -0.2) is 4.79 Å². The van der Waals surface area contributed by atoms with Crippen LogP contribution in [0.5, 0.6) is 0 Å². The molecule has 0 bridgehead atoms. The first-order valence-corrected chi connectivity index (χ1v) is 6.82. The van der Waals surface area contributed by atoms with Gasteiger partial charge in [0.25, 0.3) is 0 Å². The molecule has 1 heterocycles. The fourth-order valence-electron chi connectivity index (χ4n) is 2.73.